The van der Waals surface area contributed by atoms with Gasteiger partial charge in [0.25, 0.3) is 0 Å². The third-order valence-corrected chi connectivity index (χ3v) is 2.36. The van der Waals surface area contributed by atoms with Gasteiger partial charge in [-0.3, -0.25) is 0 Å². The fourth-order valence-corrected chi connectivity index (χ4v) is 1.47. The molecule has 0 bridgehead atoms. The second-order valence-corrected chi connectivity index (χ2v) is 3.78. The van der Waals surface area contributed by atoms with Gasteiger partial charge in [0, 0.05) is 6.42 Å². The van der Waals surface area contributed by atoms with Crippen molar-refractivity contribution in [2.75, 3.05) is 0 Å². The highest BCUT2D eigenvalue weighted by Crippen LogP contribution is 2.26. The van der Waals surface area contributed by atoms with Crippen molar-refractivity contribution in [1.29, 1.82) is 0 Å². The predicted molar refractivity (Wildman–Crippen MR) is 41.8 cm³/mol. The van der Waals surface area contributed by atoms with E-state index in [1.165, 1.54) is 0 Å². The topological polar surface area (TPSA) is 26.3 Å². The first-order valence-corrected chi connectivity index (χ1v) is 4.93. The van der Waals surface area contributed by atoms with Crippen molar-refractivity contribution >= 4 is 11.1 Å². The Balaban J connectivity index is 2.49. The van der Waals surface area contributed by atoms with Crippen molar-refractivity contribution in [3.05, 3.63) is 11.8 Å². The van der Waals surface area contributed by atoms with E-state index in [1.54, 1.807) is 6.08 Å². The second kappa shape index (κ2) is 4.13. The monoisotopic (exact) mass is 214 g/mol. The summed E-state index contributed by atoms with van der Waals surface area (Å²) in [6.45, 7) is 0. The van der Waals surface area contributed by atoms with Crippen LogP contribution in [0, 0.1) is 0 Å². The Hall–Kier alpha value is -0.520. The lowest BCUT2D eigenvalue weighted by Crippen LogP contribution is -2.18. The summed E-state index contributed by atoms with van der Waals surface area (Å²) in [5.41, 5.74) is -4.78. The third kappa shape index (κ3) is 3.38. The Morgan fingerprint density at radius 3 is 2.54 bits per heavy atom. The Morgan fingerprint density at radius 1 is 1.38 bits per heavy atom. The average molecular weight is 214 g/mol. The van der Waals surface area contributed by atoms with Gasteiger partial charge >= 0.3 is 16.6 Å². The molecule has 0 amide bonds. The summed E-state index contributed by atoms with van der Waals surface area (Å²) in [5, 5.41) is 0. The standard InChI is InChI=1S/C7H9F3O2S/c8-7(9,10)13(11)12-6-4-2-1-3-5-6/h4H,1-3,5H2. The zero-order chi connectivity index (χ0) is 9.90. The van der Waals surface area contributed by atoms with Crippen LogP contribution in [0.1, 0.15) is 25.7 Å². The van der Waals surface area contributed by atoms with Crippen LogP contribution in [-0.2, 0) is 15.3 Å². The van der Waals surface area contributed by atoms with E-state index in [9.17, 15) is 17.4 Å². The lowest BCUT2D eigenvalue weighted by atomic mass is 10.1. The van der Waals surface area contributed by atoms with Crippen LogP contribution in [-0.4, -0.2) is 9.72 Å². The number of hydrogen-bond donors (Lipinski definition) is 0. The van der Waals surface area contributed by atoms with E-state index < -0.39 is 16.6 Å². The maximum atomic E-state index is 11.8. The van der Waals surface area contributed by atoms with E-state index in [0.29, 0.717) is 12.8 Å². The van der Waals surface area contributed by atoms with E-state index >= 15 is 0 Å². The van der Waals surface area contributed by atoms with Crippen LogP contribution in [0.15, 0.2) is 11.8 Å². The van der Waals surface area contributed by atoms with Gasteiger partial charge in [0.05, 0.1) is 0 Å². The van der Waals surface area contributed by atoms with Gasteiger partial charge in [-0.15, -0.1) is 0 Å². The van der Waals surface area contributed by atoms with Crippen molar-refractivity contribution in [3.63, 3.8) is 0 Å². The molecule has 1 aliphatic rings. The summed E-state index contributed by atoms with van der Waals surface area (Å²) >= 11 is -3.20. The third-order valence-electron chi connectivity index (χ3n) is 1.62. The molecular weight excluding hydrogens is 205 g/mol. The van der Waals surface area contributed by atoms with Gasteiger partial charge in [0.15, 0.2) is 0 Å². The molecule has 0 radical (unpaired) electrons. The molecule has 1 unspecified atom stereocenters. The van der Waals surface area contributed by atoms with E-state index in [-0.39, 0.29) is 5.76 Å². The zero-order valence-electron chi connectivity index (χ0n) is 6.76. The fourth-order valence-electron chi connectivity index (χ4n) is 1.03. The molecule has 0 saturated carbocycles. The molecule has 0 aromatic rings. The number of hydrogen-bond acceptors (Lipinski definition) is 2. The first kappa shape index (κ1) is 10.6. The predicted octanol–water partition coefficient (Wildman–Crippen LogP) is 2.64. The van der Waals surface area contributed by atoms with E-state index in [2.05, 4.69) is 4.18 Å². The number of alkyl halides is 3. The molecule has 0 saturated heterocycles. The summed E-state index contributed by atoms with van der Waals surface area (Å²) in [6.07, 6.45) is 4.45. The van der Waals surface area contributed by atoms with E-state index in [1.807, 2.05) is 0 Å². The summed E-state index contributed by atoms with van der Waals surface area (Å²) in [5.74, 6) is 0.196. The van der Waals surface area contributed by atoms with Crippen LogP contribution in [0.4, 0.5) is 13.2 Å². The molecule has 0 heterocycles. The van der Waals surface area contributed by atoms with Crippen molar-refractivity contribution in [1.82, 2.24) is 0 Å². The Kier molecular flexibility index (Phi) is 3.35. The van der Waals surface area contributed by atoms with Crippen LogP contribution in [0.5, 0.6) is 0 Å². The minimum atomic E-state index is -4.78. The number of halogens is 3. The first-order chi connectivity index (χ1) is 6.00. The normalized spacial score (nSPS) is 20.7. The second-order valence-electron chi connectivity index (χ2n) is 2.68. The molecule has 0 spiro atoms. The molecule has 0 aromatic carbocycles. The van der Waals surface area contributed by atoms with Crippen LogP contribution in [0.25, 0.3) is 0 Å². The van der Waals surface area contributed by atoms with Gasteiger partial charge < -0.3 is 4.18 Å². The summed E-state index contributed by atoms with van der Waals surface area (Å²) in [4.78, 5) is 0. The lowest BCUT2D eigenvalue weighted by Gasteiger charge is -2.13. The Labute approximate surface area is 76.4 Å². The van der Waals surface area contributed by atoms with Crippen molar-refractivity contribution in [2.24, 2.45) is 0 Å². The maximum absolute atomic E-state index is 11.8. The van der Waals surface area contributed by atoms with Crippen LogP contribution < -0.4 is 0 Å². The van der Waals surface area contributed by atoms with Crippen molar-refractivity contribution in [3.8, 4) is 0 Å². The quantitative estimate of drug-likeness (QED) is 0.706. The number of rotatable bonds is 2. The summed E-state index contributed by atoms with van der Waals surface area (Å²) < 4.78 is 50.0. The fraction of sp³-hybridized carbons (Fsp3) is 0.714. The SMILES string of the molecule is O=S(OC1=CCCCC1)C(F)(F)F. The van der Waals surface area contributed by atoms with Crippen molar-refractivity contribution in [2.45, 2.75) is 31.2 Å². The van der Waals surface area contributed by atoms with E-state index in [0.717, 1.165) is 12.8 Å². The van der Waals surface area contributed by atoms with Gasteiger partial charge in [-0.25, -0.2) is 4.21 Å². The minimum Gasteiger partial charge on any atom is -0.399 e. The first-order valence-electron chi connectivity index (χ1n) is 3.86. The average Bonchev–Trinajstić information content (AvgIpc) is 2.04. The number of allylic oxidation sites excluding steroid dienone is 2. The molecule has 0 aromatic heterocycles. The lowest BCUT2D eigenvalue weighted by molar-refractivity contribution is -0.0457. The van der Waals surface area contributed by atoms with Gasteiger partial charge in [0.2, 0.25) is 0 Å². The van der Waals surface area contributed by atoms with Gasteiger partial charge in [-0.2, -0.15) is 13.2 Å². The molecule has 1 atom stereocenters. The highest BCUT2D eigenvalue weighted by atomic mass is 32.2. The smallest absolute Gasteiger partial charge is 0.399 e. The summed E-state index contributed by atoms with van der Waals surface area (Å²) in [7, 11) is 0. The molecule has 0 aliphatic heterocycles. The van der Waals surface area contributed by atoms with Crippen LogP contribution >= 0.6 is 0 Å². The zero-order valence-corrected chi connectivity index (χ0v) is 7.58. The van der Waals surface area contributed by atoms with Crippen LogP contribution in [0.2, 0.25) is 0 Å². The molecule has 2 nitrogen and oxygen atoms in total. The molecule has 0 N–H and O–H groups in total. The van der Waals surface area contributed by atoms with E-state index in [4.69, 9.17) is 0 Å². The van der Waals surface area contributed by atoms with Gasteiger partial charge in [0.1, 0.15) is 5.76 Å². The largest absolute Gasteiger partial charge is 0.508 e. The molecule has 13 heavy (non-hydrogen) atoms. The molecular formula is C7H9F3O2S. The highest BCUT2D eigenvalue weighted by Gasteiger charge is 2.40. The molecule has 0 fully saturated rings. The molecule has 76 valence electrons. The van der Waals surface area contributed by atoms with Crippen LogP contribution in [0.3, 0.4) is 0 Å². The Bertz CT molecular complexity index is 234. The van der Waals surface area contributed by atoms with Gasteiger partial charge in [-0.05, 0) is 25.3 Å². The maximum Gasteiger partial charge on any atom is 0.508 e. The Morgan fingerprint density at radius 2 is 2.08 bits per heavy atom. The summed E-state index contributed by atoms with van der Waals surface area (Å²) in [6, 6.07) is 0. The van der Waals surface area contributed by atoms with Gasteiger partial charge in [-0.1, -0.05) is 0 Å². The highest BCUT2D eigenvalue weighted by molar-refractivity contribution is 7.81. The molecule has 6 heteroatoms. The molecule has 1 rings (SSSR count). The minimum absolute atomic E-state index is 0.196. The van der Waals surface area contributed by atoms with Crippen molar-refractivity contribution < 1.29 is 21.6 Å². The molecule has 1 aliphatic carbocycles.